The molecule has 1 aliphatic rings. The third-order valence-electron chi connectivity index (χ3n) is 4.90. The second-order valence-corrected chi connectivity index (χ2v) is 6.90. The summed E-state index contributed by atoms with van der Waals surface area (Å²) < 4.78 is 0. The number of hydrogen-bond acceptors (Lipinski definition) is 5. The highest BCUT2D eigenvalue weighted by atomic mass is 16.2. The molecule has 0 aliphatic carbocycles. The fourth-order valence-electron chi connectivity index (χ4n) is 3.28. The molecular weight excluding hydrogens is 384 g/mol. The molecule has 30 heavy (non-hydrogen) atoms. The molecule has 1 aliphatic heterocycles. The first-order chi connectivity index (χ1) is 14.4. The van der Waals surface area contributed by atoms with E-state index in [1.807, 2.05) is 6.92 Å². The third kappa shape index (κ3) is 3.39. The number of aryl methyl sites for hydroxylation is 1. The first-order valence-corrected chi connectivity index (χ1v) is 9.36. The van der Waals surface area contributed by atoms with Crippen LogP contribution in [0.3, 0.4) is 0 Å². The summed E-state index contributed by atoms with van der Waals surface area (Å²) in [6.45, 7) is 1.91. The molecule has 2 heterocycles. The Kier molecular flexibility index (Phi) is 4.75. The van der Waals surface area contributed by atoms with Gasteiger partial charge in [-0.2, -0.15) is 0 Å². The van der Waals surface area contributed by atoms with Crippen LogP contribution in [-0.4, -0.2) is 39.6 Å². The minimum Gasteiger partial charge on any atom is -0.322 e. The van der Waals surface area contributed by atoms with Crippen molar-refractivity contribution < 1.29 is 14.4 Å². The van der Waals surface area contributed by atoms with E-state index in [4.69, 9.17) is 0 Å². The predicted molar refractivity (Wildman–Crippen MR) is 110 cm³/mol. The average molecular weight is 402 g/mol. The monoisotopic (exact) mass is 402 g/mol. The highest BCUT2D eigenvalue weighted by Gasteiger charge is 2.33. The van der Waals surface area contributed by atoms with Gasteiger partial charge in [0, 0.05) is 35.6 Å². The number of aromatic amines is 1. The van der Waals surface area contributed by atoms with Gasteiger partial charge in [-0.1, -0.05) is 19.1 Å². The smallest absolute Gasteiger partial charge is 0.261 e. The van der Waals surface area contributed by atoms with Crippen LogP contribution in [0.4, 0.5) is 5.69 Å². The van der Waals surface area contributed by atoms with Gasteiger partial charge < -0.3 is 10.3 Å². The molecule has 1 aromatic heterocycles. The van der Waals surface area contributed by atoms with Crippen molar-refractivity contribution in [1.29, 1.82) is 0 Å². The Morgan fingerprint density at radius 3 is 2.57 bits per heavy atom. The van der Waals surface area contributed by atoms with Crippen molar-refractivity contribution in [2.45, 2.75) is 13.3 Å². The molecule has 3 aromatic rings. The summed E-state index contributed by atoms with van der Waals surface area (Å²) in [5, 5.41) is 2.77. The van der Waals surface area contributed by atoms with Crippen molar-refractivity contribution in [3.8, 4) is 11.4 Å². The normalized spacial score (nSPS) is 12.8. The van der Waals surface area contributed by atoms with Crippen molar-refractivity contribution in [3.05, 3.63) is 81.3 Å². The maximum atomic E-state index is 12.7. The van der Waals surface area contributed by atoms with E-state index in [-0.39, 0.29) is 28.2 Å². The van der Waals surface area contributed by atoms with Gasteiger partial charge in [0.05, 0.1) is 11.1 Å². The van der Waals surface area contributed by atoms with E-state index in [1.165, 1.54) is 31.3 Å². The number of anilines is 1. The first kappa shape index (κ1) is 19.3. The zero-order chi connectivity index (χ0) is 21.4. The molecule has 0 atom stereocenters. The van der Waals surface area contributed by atoms with E-state index in [1.54, 1.807) is 24.3 Å². The van der Waals surface area contributed by atoms with Gasteiger partial charge in [0.15, 0.2) is 0 Å². The lowest BCUT2D eigenvalue weighted by Crippen LogP contribution is -2.24. The molecule has 2 N–H and O–H groups in total. The van der Waals surface area contributed by atoms with Crippen LogP contribution in [-0.2, 0) is 6.42 Å². The van der Waals surface area contributed by atoms with E-state index < -0.39 is 11.8 Å². The second-order valence-electron chi connectivity index (χ2n) is 6.90. The first-order valence-electron chi connectivity index (χ1n) is 9.36. The minimum atomic E-state index is -0.433. The number of carbonyl (C=O) groups excluding carboxylic acids is 3. The molecule has 0 bridgehead atoms. The fourth-order valence-corrected chi connectivity index (χ4v) is 3.28. The Morgan fingerprint density at radius 1 is 1.03 bits per heavy atom. The molecule has 8 heteroatoms. The largest absolute Gasteiger partial charge is 0.322 e. The molecule has 0 radical (unpaired) electrons. The number of benzene rings is 2. The molecular formula is C22H18N4O4. The Hall–Kier alpha value is -4.07. The molecule has 0 spiro atoms. The summed E-state index contributed by atoms with van der Waals surface area (Å²) >= 11 is 0. The summed E-state index contributed by atoms with van der Waals surface area (Å²) in [6.07, 6.45) is 0.627. The summed E-state index contributed by atoms with van der Waals surface area (Å²) in [4.78, 5) is 56.8. The Morgan fingerprint density at radius 2 is 1.80 bits per heavy atom. The zero-order valence-electron chi connectivity index (χ0n) is 16.4. The predicted octanol–water partition coefficient (Wildman–Crippen LogP) is 2.48. The van der Waals surface area contributed by atoms with Crippen LogP contribution < -0.4 is 10.9 Å². The number of amides is 3. The molecule has 0 saturated carbocycles. The Balaban J connectivity index is 1.60. The van der Waals surface area contributed by atoms with E-state index in [2.05, 4.69) is 15.3 Å². The van der Waals surface area contributed by atoms with Gasteiger partial charge in [0.1, 0.15) is 5.82 Å². The number of hydrogen-bond donors (Lipinski definition) is 2. The fraction of sp³-hybridized carbons (Fsp3) is 0.136. The molecule has 150 valence electrons. The number of fused-ring (bicyclic) bond motifs is 1. The number of rotatable bonds is 4. The topological polar surface area (TPSA) is 112 Å². The molecule has 2 aromatic carbocycles. The highest BCUT2D eigenvalue weighted by Crippen LogP contribution is 2.24. The standard InChI is InChI=1S/C22H18N4O4/c1-3-14-11-18(27)25-19(23-14)12-5-4-6-15(9-12)24-20(28)13-7-8-16-17(10-13)22(30)26(2)21(16)29/h4-11H,3H2,1-2H3,(H,24,28)(H,23,25,27). The molecule has 0 unspecified atom stereocenters. The van der Waals surface area contributed by atoms with Gasteiger partial charge in [0.25, 0.3) is 23.3 Å². The average Bonchev–Trinajstić information content (AvgIpc) is 2.97. The summed E-state index contributed by atoms with van der Waals surface area (Å²) in [5.41, 5.74) is 2.34. The Bertz CT molecular complexity index is 1260. The van der Waals surface area contributed by atoms with Crippen molar-refractivity contribution in [3.63, 3.8) is 0 Å². The van der Waals surface area contributed by atoms with Crippen LogP contribution in [0, 0.1) is 0 Å². The van der Waals surface area contributed by atoms with Gasteiger partial charge >= 0.3 is 0 Å². The number of aromatic nitrogens is 2. The quantitative estimate of drug-likeness (QED) is 0.651. The van der Waals surface area contributed by atoms with Crippen molar-refractivity contribution in [1.82, 2.24) is 14.9 Å². The number of nitrogens with one attached hydrogen (secondary N) is 2. The number of carbonyl (C=O) groups is 3. The molecule has 8 nitrogen and oxygen atoms in total. The third-order valence-corrected chi connectivity index (χ3v) is 4.90. The van der Waals surface area contributed by atoms with Crippen LogP contribution >= 0.6 is 0 Å². The van der Waals surface area contributed by atoms with E-state index >= 15 is 0 Å². The van der Waals surface area contributed by atoms with Crippen molar-refractivity contribution >= 4 is 23.4 Å². The molecule has 0 saturated heterocycles. The number of imide groups is 1. The van der Waals surface area contributed by atoms with Gasteiger partial charge in [-0.25, -0.2) is 4.98 Å². The van der Waals surface area contributed by atoms with E-state index in [0.717, 1.165) is 4.90 Å². The molecule has 4 rings (SSSR count). The van der Waals surface area contributed by atoms with Gasteiger partial charge in [-0.15, -0.1) is 0 Å². The van der Waals surface area contributed by atoms with Gasteiger partial charge in [-0.3, -0.25) is 24.1 Å². The lowest BCUT2D eigenvalue weighted by atomic mass is 10.1. The van der Waals surface area contributed by atoms with Crippen LogP contribution in [0.25, 0.3) is 11.4 Å². The van der Waals surface area contributed by atoms with Gasteiger partial charge in [0.2, 0.25) is 0 Å². The van der Waals surface area contributed by atoms with E-state index in [0.29, 0.717) is 29.2 Å². The summed E-state index contributed by atoms with van der Waals surface area (Å²) in [5.74, 6) is -0.823. The van der Waals surface area contributed by atoms with E-state index in [9.17, 15) is 19.2 Å². The number of nitrogens with zero attached hydrogens (tertiary/aromatic N) is 2. The molecule has 0 fully saturated rings. The maximum absolute atomic E-state index is 12.7. The summed E-state index contributed by atoms with van der Waals surface area (Å²) in [6, 6.07) is 12.8. The minimum absolute atomic E-state index is 0.210. The number of H-pyrrole nitrogens is 1. The van der Waals surface area contributed by atoms with Crippen LogP contribution in [0.1, 0.15) is 43.7 Å². The van der Waals surface area contributed by atoms with Gasteiger partial charge in [-0.05, 0) is 36.8 Å². The lowest BCUT2D eigenvalue weighted by molar-refractivity contribution is 0.0693. The zero-order valence-corrected chi connectivity index (χ0v) is 16.4. The Labute approximate surface area is 171 Å². The van der Waals surface area contributed by atoms with Crippen molar-refractivity contribution in [2.75, 3.05) is 12.4 Å². The van der Waals surface area contributed by atoms with Crippen LogP contribution in [0.5, 0.6) is 0 Å². The molecule has 3 amide bonds. The SMILES string of the molecule is CCc1cc(=O)[nH]c(-c2cccc(NC(=O)c3ccc4c(c3)C(=O)N(C)C4=O)c2)n1. The lowest BCUT2D eigenvalue weighted by Gasteiger charge is -2.08. The van der Waals surface area contributed by atoms with Crippen LogP contribution in [0.15, 0.2) is 53.3 Å². The highest BCUT2D eigenvalue weighted by molar-refractivity contribution is 6.22. The van der Waals surface area contributed by atoms with Crippen molar-refractivity contribution in [2.24, 2.45) is 0 Å². The van der Waals surface area contributed by atoms with Crippen LogP contribution in [0.2, 0.25) is 0 Å². The summed E-state index contributed by atoms with van der Waals surface area (Å²) in [7, 11) is 1.40. The second kappa shape index (κ2) is 7.40. The maximum Gasteiger partial charge on any atom is 0.261 e.